The fourth-order valence-electron chi connectivity index (χ4n) is 1.23. The summed E-state index contributed by atoms with van der Waals surface area (Å²) in [6, 6.07) is 2.06. The van der Waals surface area contributed by atoms with Gasteiger partial charge in [-0.3, -0.25) is 9.59 Å². The summed E-state index contributed by atoms with van der Waals surface area (Å²) >= 11 is 2.82. The van der Waals surface area contributed by atoms with Crippen molar-refractivity contribution in [3.63, 3.8) is 0 Å². The van der Waals surface area contributed by atoms with Crippen LogP contribution < -0.4 is 4.74 Å². The average Bonchev–Trinajstić information content (AvgIpc) is 2.18. The highest BCUT2D eigenvalue weighted by atomic mass is 79.9. The van der Waals surface area contributed by atoms with Crippen molar-refractivity contribution >= 4 is 28.0 Å². The van der Waals surface area contributed by atoms with Crippen LogP contribution in [0.5, 0.6) is 5.75 Å². The maximum Gasteiger partial charge on any atom is 0.573 e. The number of alkyl halides is 3. The molecule has 0 aliphatic rings. The summed E-state index contributed by atoms with van der Waals surface area (Å²) in [7, 11) is 0. The number of carbonyl (C=O) groups is 2. The summed E-state index contributed by atoms with van der Waals surface area (Å²) in [5.74, 6) is -1.10. The van der Waals surface area contributed by atoms with Gasteiger partial charge in [0.05, 0.1) is 4.47 Å². The topological polar surface area (TPSA) is 43.4 Å². The van der Waals surface area contributed by atoms with E-state index in [1.165, 1.54) is 0 Å². The molecule has 0 aliphatic heterocycles. The second-order valence-corrected chi connectivity index (χ2v) is 3.86. The molecule has 0 radical (unpaired) electrons. The van der Waals surface area contributed by atoms with Crippen molar-refractivity contribution in [3.05, 3.63) is 27.7 Å². The SMILES string of the molecule is CC(=O)c1c(C=O)ccc(OC(F)(F)F)c1Br. The van der Waals surface area contributed by atoms with Gasteiger partial charge in [0.2, 0.25) is 0 Å². The van der Waals surface area contributed by atoms with E-state index in [0.717, 1.165) is 19.1 Å². The van der Waals surface area contributed by atoms with Crippen LogP contribution in [0.25, 0.3) is 0 Å². The molecule has 0 bridgehead atoms. The molecule has 0 atom stereocenters. The van der Waals surface area contributed by atoms with Crippen molar-refractivity contribution in [2.75, 3.05) is 0 Å². The molecule has 0 N–H and O–H groups in total. The summed E-state index contributed by atoms with van der Waals surface area (Å²) in [5.41, 5.74) is -0.138. The number of hydrogen-bond acceptors (Lipinski definition) is 3. The van der Waals surface area contributed by atoms with E-state index >= 15 is 0 Å². The van der Waals surface area contributed by atoms with Crippen molar-refractivity contribution in [2.24, 2.45) is 0 Å². The van der Waals surface area contributed by atoms with Gasteiger partial charge in [-0.05, 0) is 35.0 Å². The molecule has 17 heavy (non-hydrogen) atoms. The van der Waals surface area contributed by atoms with Crippen molar-refractivity contribution in [2.45, 2.75) is 13.3 Å². The fourth-order valence-corrected chi connectivity index (χ4v) is 1.95. The predicted octanol–water partition coefficient (Wildman–Crippen LogP) is 3.36. The van der Waals surface area contributed by atoms with Gasteiger partial charge in [-0.25, -0.2) is 0 Å². The minimum atomic E-state index is -4.86. The van der Waals surface area contributed by atoms with Gasteiger partial charge >= 0.3 is 6.36 Å². The number of hydrogen-bond donors (Lipinski definition) is 0. The molecule has 0 aromatic heterocycles. The summed E-state index contributed by atoms with van der Waals surface area (Å²) in [4.78, 5) is 21.9. The largest absolute Gasteiger partial charge is 0.573 e. The predicted molar refractivity (Wildman–Crippen MR) is 56.2 cm³/mol. The molecule has 0 spiro atoms. The molecule has 1 rings (SSSR count). The number of aldehydes is 1. The third-order valence-electron chi connectivity index (χ3n) is 1.84. The second-order valence-electron chi connectivity index (χ2n) is 3.06. The van der Waals surface area contributed by atoms with Crippen LogP contribution in [-0.4, -0.2) is 18.4 Å². The minimum absolute atomic E-state index is 0.00102. The Kier molecular flexibility index (Phi) is 3.92. The van der Waals surface area contributed by atoms with E-state index in [4.69, 9.17) is 0 Å². The van der Waals surface area contributed by atoms with Crippen molar-refractivity contribution in [1.82, 2.24) is 0 Å². The quantitative estimate of drug-likeness (QED) is 0.635. The molecule has 0 amide bonds. The molecule has 0 unspecified atom stereocenters. The number of rotatable bonds is 3. The first-order valence-electron chi connectivity index (χ1n) is 4.30. The number of carbonyl (C=O) groups excluding carboxylic acids is 2. The first-order chi connectivity index (χ1) is 7.76. The summed E-state index contributed by atoms with van der Waals surface area (Å²) in [6.45, 7) is 1.14. The van der Waals surface area contributed by atoms with Crippen LogP contribution in [0.3, 0.4) is 0 Å². The molecule has 0 aliphatic carbocycles. The zero-order valence-corrected chi connectivity index (χ0v) is 10.1. The van der Waals surface area contributed by atoms with Crippen LogP contribution >= 0.6 is 15.9 Å². The molecular weight excluding hydrogens is 305 g/mol. The maximum atomic E-state index is 12.0. The lowest BCUT2D eigenvalue weighted by Crippen LogP contribution is -2.18. The van der Waals surface area contributed by atoms with Crippen LogP contribution in [0.1, 0.15) is 27.6 Å². The number of halogens is 4. The zero-order chi connectivity index (χ0) is 13.2. The highest BCUT2D eigenvalue weighted by Crippen LogP contribution is 2.34. The second kappa shape index (κ2) is 4.87. The molecule has 1 aromatic rings. The van der Waals surface area contributed by atoms with Gasteiger partial charge in [0.1, 0.15) is 5.75 Å². The van der Waals surface area contributed by atoms with Gasteiger partial charge in [-0.15, -0.1) is 13.2 Å². The lowest BCUT2D eigenvalue weighted by atomic mass is 10.1. The summed E-state index contributed by atoms with van der Waals surface area (Å²) in [6.07, 6.45) is -4.47. The normalized spacial score (nSPS) is 11.1. The first kappa shape index (κ1) is 13.7. The molecule has 1 aromatic carbocycles. The van der Waals surface area contributed by atoms with Crippen LogP contribution in [0.2, 0.25) is 0 Å². The van der Waals surface area contributed by atoms with E-state index in [0.29, 0.717) is 6.29 Å². The first-order valence-corrected chi connectivity index (χ1v) is 5.10. The fraction of sp³-hybridized carbons (Fsp3) is 0.200. The third kappa shape index (κ3) is 3.29. The van der Waals surface area contributed by atoms with Gasteiger partial charge in [-0.2, -0.15) is 0 Å². The minimum Gasteiger partial charge on any atom is -0.405 e. The molecule has 0 fully saturated rings. The zero-order valence-electron chi connectivity index (χ0n) is 8.47. The molecule has 92 valence electrons. The maximum absolute atomic E-state index is 12.0. The van der Waals surface area contributed by atoms with Crippen LogP contribution in [0, 0.1) is 0 Å². The van der Waals surface area contributed by atoms with Crippen LogP contribution in [0.4, 0.5) is 13.2 Å². The van der Waals surface area contributed by atoms with Crippen molar-refractivity contribution in [1.29, 1.82) is 0 Å². The number of ketones is 1. The molecule has 0 heterocycles. The summed E-state index contributed by atoms with van der Waals surface area (Å²) < 4.78 is 39.6. The Morgan fingerprint density at radius 3 is 2.41 bits per heavy atom. The van der Waals surface area contributed by atoms with Crippen LogP contribution in [-0.2, 0) is 0 Å². The smallest absolute Gasteiger partial charge is 0.405 e. The van der Waals surface area contributed by atoms with E-state index in [-0.39, 0.29) is 15.6 Å². The lowest BCUT2D eigenvalue weighted by Gasteiger charge is -2.13. The standard InChI is InChI=1S/C10H6BrF3O3/c1-5(16)8-6(4-15)2-3-7(9(8)11)17-10(12,13)14/h2-4H,1H3. The van der Waals surface area contributed by atoms with E-state index in [9.17, 15) is 22.8 Å². The lowest BCUT2D eigenvalue weighted by molar-refractivity contribution is -0.274. The molecule has 0 saturated carbocycles. The molecule has 7 heteroatoms. The van der Waals surface area contributed by atoms with Gasteiger partial charge in [0, 0.05) is 11.1 Å². The highest BCUT2D eigenvalue weighted by Gasteiger charge is 2.32. The Bertz CT molecular complexity index is 469. The van der Waals surface area contributed by atoms with E-state index in [1.54, 1.807) is 0 Å². The van der Waals surface area contributed by atoms with Gasteiger partial charge in [-0.1, -0.05) is 0 Å². The van der Waals surface area contributed by atoms with Crippen LogP contribution in [0.15, 0.2) is 16.6 Å². The Morgan fingerprint density at radius 2 is 2.00 bits per heavy atom. The highest BCUT2D eigenvalue weighted by molar-refractivity contribution is 9.10. The van der Waals surface area contributed by atoms with Gasteiger partial charge in [0.15, 0.2) is 12.1 Å². The van der Waals surface area contributed by atoms with Gasteiger partial charge in [0.25, 0.3) is 0 Å². The summed E-state index contributed by atoms with van der Waals surface area (Å²) in [5, 5.41) is 0. The molecule has 0 saturated heterocycles. The molecule has 3 nitrogen and oxygen atoms in total. The van der Waals surface area contributed by atoms with Gasteiger partial charge < -0.3 is 4.74 Å². The third-order valence-corrected chi connectivity index (χ3v) is 2.63. The number of Topliss-reactive ketones (excluding diaryl/α,β-unsaturated/α-hetero) is 1. The Morgan fingerprint density at radius 1 is 1.41 bits per heavy atom. The van der Waals surface area contributed by atoms with E-state index in [2.05, 4.69) is 20.7 Å². The number of benzene rings is 1. The van der Waals surface area contributed by atoms with Crippen molar-refractivity contribution < 1.29 is 27.5 Å². The van der Waals surface area contributed by atoms with E-state index in [1.807, 2.05) is 0 Å². The van der Waals surface area contributed by atoms with Crippen molar-refractivity contribution in [3.8, 4) is 5.75 Å². The monoisotopic (exact) mass is 310 g/mol. The Labute approximate surface area is 103 Å². The Hall–Kier alpha value is -1.37. The molecular formula is C10H6BrF3O3. The van der Waals surface area contributed by atoms with E-state index < -0.39 is 17.9 Å². The average molecular weight is 311 g/mol. The Balaban J connectivity index is 3.33. The number of ether oxygens (including phenoxy) is 1.